The topological polar surface area (TPSA) is 27.7 Å². The van der Waals surface area contributed by atoms with Crippen molar-refractivity contribution in [1.29, 1.82) is 0 Å². The molecule has 0 aliphatic carbocycles. The summed E-state index contributed by atoms with van der Waals surface area (Å²) in [4.78, 5) is 0. The molecule has 0 aromatic heterocycles. The first-order valence-corrected chi connectivity index (χ1v) is 4.95. The summed E-state index contributed by atoms with van der Waals surface area (Å²) in [6, 6.07) is 0. The van der Waals surface area contributed by atoms with Crippen molar-refractivity contribution in [3.05, 3.63) is 0 Å². The maximum atomic E-state index is 5.55. The van der Waals surface area contributed by atoms with Crippen LogP contribution in [-0.4, -0.2) is 32.2 Å². The van der Waals surface area contributed by atoms with Gasteiger partial charge in [-0.1, -0.05) is 13.8 Å². The predicted octanol–water partition coefficient (Wildman–Crippen LogP) is 2.20. The van der Waals surface area contributed by atoms with Crippen LogP contribution in [0.25, 0.3) is 0 Å². The van der Waals surface area contributed by atoms with Crippen LogP contribution in [0.3, 0.4) is 0 Å². The first-order valence-electron chi connectivity index (χ1n) is 4.95. The van der Waals surface area contributed by atoms with E-state index >= 15 is 0 Å². The molecule has 0 saturated carbocycles. The number of hydrogen-bond donors (Lipinski definition) is 0. The zero-order valence-electron chi connectivity index (χ0n) is 9.42. The van der Waals surface area contributed by atoms with Gasteiger partial charge in [-0.3, -0.25) is 0 Å². The Morgan fingerprint density at radius 3 is 2.38 bits per heavy atom. The third-order valence-corrected chi connectivity index (χ3v) is 1.71. The molecule has 1 aliphatic heterocycles. The van der Waals surface area contributed by atoms with Crippen LogP contribution in [0.1, 0.15) is 34.1 Å². The fourth-order valence-electron chi connectivity index (χ4n) is 1.15. The molecule has 80 valence electrons. The minimum atomic E-state index is -0.390. The van der Waals surface area contributed by atoms with Crippen molar-refractivity contribution in [2.45, 2.75) is 46.0 Å². The summed E-state index contributed by atoms with van der Waals surface area (Å²) in [5.74, 6) is -0.390. The minimum absolute atomic E-state index is 0.213. The Morgan fingerprint density at radius 1 is 1.38 bits per heavy atom. The Hall–Kier alpha value is -0.120. The average Bonchev–Trinajstić information content (AvgIpc) is 2.46. The molecule has 0 radical (unpaired) electrons. The summed E-state index contributed by atoms with van der Waals surface area (Å²) in [5.41, 5.74) is 0. The molecule has 1 fully saturated rings. The number of methoxy groups -OCH3 is 1. The van der Waals surface area contributed by atoms with Gasteiger partial charge in [-0.2, -0.15) is 0 Å². The number of ether oxygens (including phenoxy) is 3. The lowest BCUT2D eigenvalue weighted by Gasteiger charge is -2.16. The molecule has 0 spiro atoms. The van der Waals surface area contributed by atoms with Crippen molar-refractivity contribution in [3.8, 4) is 0 Å². The molecule has 1 aliphatic rings. The van der Waals surface area contributed by atoms with Crippen molar-refractivity contribution in [2.75, 3.05) is 20.3 Å². The molecule has 1 heterocycles. The van der Waals surface area contributed by atoms with Crippen LogP contribution in [0, 0.1) is 0 Å². The fourth-order valence-corrected chi connectivity index (χ4v) is 1.15. The number of hydrogen-bond acceptors (Lipinski definition) is 3. The molecule has 1 saturated heterocycles. The van der Waals surface area contributed by atoms with Crippen molar-refractivity contribution in [3.63, 3.8) is 0 Å². The summed E-state index contributed by atoms with van der Waals surface area (Å²) in [5, 5.41) is 0. The molecule has 0 bridgehead atoms. The van der Waals surface area contributed by atoms with Gasteiger partial charge in [0.15, 0.2) is 5.79 Å². The summed E-state index contributed by atoms with van der Waals surface area (Å²) < 4.78 is 15.9. The highest BCUT2D eigenvalue weighted by molar-refractivity contribution is 4.70. The van der Waals surface area contributed by atoms with E-state index in [0.717, 1.165) is 13.0 Å². The molecule has 1 rings (SSSR count). The van der Waals surface area contributed by atoms with Gasteiger partial charge in [-0.15, -0.1) is 0 Å². The van der Waals surface area contributed by atoms with Crippen LogP contribution >= 0.6 is 0 Å². The Labute approximate surface area is 81.4 Å². The highest BCUT2D eigenvalue weighted by Crippen LogP contribution is 2.23. The summed E-state index contributed by atoms with van der Waals surface area (Å²) in [6.45, 7) is 9.29. The Morgan fingerprint density at radius 2 is 2.00 bits per heavy atom. The molecule has 1 unspecified atom stereocenters. The molecular formula is C10H22O3. The smallest absolute Gasteiger partial charge is 0.163 e. The molecule has 3 nitrogen and oxygen atoms in total. The van der Waals surface area contributed by atoms with E-state index in [1.165, 1.54) is 0 Å². The van der Waals surface area contributed by atoms with E-state index in [4.69, 9.17) is 14.2 Å². The van der Waals surface area contributed by atoms with E-state index in [1.807, 2.05) is 27.7 Å². The minimum Gasteiger partial charge on any atom is -0.385 e. The quantitative estimate of drug-likeness (QED) is 0.683. The molecule has 0 amide bonds. The first kappa shape index (κ1) is 12.9. The van der Waals surface area contributed by atoms with Crippen LogP contribution in [0.5, 0.6) is 0 Å². The van der Waals surface area contributed by atoms with Crippen LogP contribution in [0.2, 0.25) is 0 Å². The van der Waals surface area contributed by atoms with E-state index < -0.39 is 5.79 Å². The SMILES string of the molecule is CC.COCCC1COC(C)(C)O1. The van der Waals surface area contributed by atoms with Gasteiger partial charge in [0.1, 0.15) is 0 Å². The third kappa shape index (κ3) is 5.24. The zero-order valence-corrected chi connectivity index (χ0v) is 9.42. The van der Waals surface area contributed by atoms with Crippen LogP contribution in [0.4, 0.5) is 0 Å². The molecule has 0 aromatic carbocycles. The van der Waals surface area contributed by atoms with Crippen LogP contribution in [-0.2, 0) is 14.2 Å². The van der Waals surface area contributed by atoms with E-state index in [1.54, 1.807) is 7.11 Å². The van der Waals surface area contributed by atoms with Crippen molar-refractivity contribution in [1.82, 2.24) is 0 Å². The second-order valence-electron chi connectivity index (χ2n) is 3.23. The summed E-state index contributed by atoms with van der Waals surface area (Å²) in [7, 11) is 1.70. The van der Waals surface area contributed by atoms with Crippen molar-refractivity contribution in [2.24, 2.45) is 0 Å². The molecule has 13 heavy (non-hydrogen) atoms. The predicted molar refractivity (Wildman–Crippen MR) is 52.7 cm³/mol. The van der Waals surface area contributed by atoms with Gasteiger partial charge in [0.25, 0.3) is 0 Å². The van der Waals surface area contributed by atoms with Gasteiger partial charge in [0.05, 0.1) is 12.7 Å². The van der Waals surface area contributed by atoms with Crippen molar-refractivity contribution >= 4 is 0 Å². The third-order valence-electron chi connectivity index (χ3n) is 1.71. The molecular weight excluding hydrogens is 168 g/mol. The molecule has 3 heteroatoms. The Balaban J connectivity index is 0.000000671. The van der Waals surface area contributed by atoms with Gasteiger partial charge in [-0.05, 0) is 20.3 Å². The van der Waals surface area contributed by atoms with Gasteiger partial charge in [0, 0.05) is 13.7 Å². The Kier molecular flexibility index (Phi) is 6.29. The lowest BCUT2D eigenvalue weighted by Crippen LogP contribution is -2.21. The van der Waals surface area contributed by atoms with Crippen molar-refractivity contribution < 1.29 is 14.2 Å². The first-order chi connectivity index (χ1) is 6.14. The average molecular weight is 190 g/mol. The standard InChI is InChI=1S/C8H16O3.C2H6/c1-8(2)10-6-7(11-8)4-5-9-3;1-2/h7H,4-6H2,1-3H3;1-2H3. The fraction of sp³-hybridized carbons (Fsp3) is 1.00. The van der Waals surface area contributed by atoms with E-state index in [9.17, 15) is 0 Å². The molecule has 1 atom stereocenters. The highest BCUT2D eigenvalue weighted by atomic mass is 16.7. The Bertz CT molecular complexity index is 123. The van der Waals surface area contributed by atoms with Gasteiger partial charge in [-0.25, -0.2) is 0 Å². The lowest BCUT2D eigenvalue weighted by molar-refractivity contribution is -0.140. The maximum absolute atomic E-state index is 5.55. The normalized spacial score (nSPS) is 25.2. The highest BCUT2D eigenvalue weighted by Gasteiger charge is 2.31. The van der Waals surface area contributed by atoms with E-state index in [-0.39, 0.29) is 6.10 Å². The van der Waals surface area contributed by atoms with Crippen LogP contribution in [0.15, 0.2) is 0 Å². The monoisotopic (exact) mass is 190 g/mol. The van der Waals surface area contributed by atoms with Gasteiger partial charge in [0.2, 0.25) is 0 Å². The van der Waals surface area contributed by atoms with Gasteiger partial charge >= 0.3 is 0 Å². The van der Waals surface area contributed by atoms with E-state index in [2.05, 4.69) is 0 Å². The maximum Gasteiger partial charge on any atom is 0.163 e. The largest absolute Gasteiger partial charge is 0.385 e. The summed E-state index contributed by atoms with van der Waals surface area (Å²) >= 11 is 0. The second-order valence-corrected chi connectivity index (χ2v) is 3.23. The number of rotatable bonds is 3. The van der Waals surface area contributed by atoms with E-state index in [0.29, 0.717) is 6.61 Å². The lowest BCUT2D eigenvalue weighted by atomic mass is 10.3. The van der Waals surface area contributed by atoms with Gasteiger partial charge < -0.3 is 14.2 Å². The molecule has 0 aromatic rings. The van der Waals surface area contributed by atoms with Crippen LogP contribution < -0.4 is 0 Å². The second kappa shape index (κ2) is 6.35. The molecule has 0 N–H and O–H groups in total. The zero-order chi connectivity index (χ0) is 10.3. The summed E-state index contributed by atoms with van der Waals surface area (Å²) in [6.07, 6.45) is 1.13.